The van der Waals surface area contributed by atoms with Gasteiger partial charge in [0.25, 0.3) is 5.56 Å². The molecule has 1 aromatic heterocycles. The number of nitrogens with zero attached hydrogens (tertiary/aromatic N) is 1. The maximum Gasteiger partial charge on any atom is 0.332 e. The van der Waals surface area contributed by atoms with Crippen molar-refractivity contribution in [3.05, 3.63) is 32.7 Å². The summed E-state index contributed by atoms with van der Waals surface area (Å²) >= 11 is 0. The van der Waals surface area contributed by atoms with Gasteiger partial charge in [0.15, 0.2) is 0 Å². The summed E-state index contributed by atoms with van der Waals surface area (Å²) in [5.41, 5.74) is 1.12. The largest absolute Gasteiger partial charge is 0.507 e. The van der Waals surface area contributed by atoms with E-state index in [0.29, 0.717) is 11.3 Å². The highest BCUT2D eigenvalue weighted by Gasteiger charge is 2.31. The third-order valence-corrected chi connectivity index (χ3v) is 3.31. The molecule has 0 amide bonds. The second-order valence-corrected chi connectivity index (χ2v) is 4.26. The zero-order valence-electron chi connectivity index (χ0n) is 9.81. The van der Waals surface area contributed by atoms with Gasteiger partial charge in [-0.2, -0.15) is 0 Å². The van der Waals surface area contributed by atoms with Crippen LogP contribution < -0.4 is 5.56 Å². The van der Waals surface area contributed by atoms with Crippen molar-refractivity contribution in [2.75, 3.05) is 0 Å². The summed E-state index contributed by atoms with van der Waals surface area (Å²) in [5.74, 6) is -1.53. The minimum atomic E-state index is -1.03. The molecule has 17 heavy (non-hydrogen) atoms. The summed E-state index contributed by atoms with van der Waals surface area (Å²) in [6.07, 6.45) is 1.45. The van der Waals surface area contributed by atoms with Crippen LogP contribution >= 0.6 is 0 Å². The van der Waals surface area contributed by atoms with Gasteiger partial charge in [-0.1, -0.05) is 6.92 Å². The molecule has 2 N–H and O–H groups in total. The van der Waals surface area contributed by atoms with Gasteiger partial charge >= 0.3 is 5.97 Å². The molecule has 0 saturated carbocycles. The first-order valence-electron chi connectivity index (χ1n) is 5.23. The molecule has 1 aromatic rings. The highest BCUT2D eigenvalue weighted by atomic mass is 16.4. The van der Waals surface area contributed by atoms with E-state index in [-0.39, 0.29) is 22.4 Å². The van der Waals surface area contributed by atoms with Gasteiger partial charge in [0.05, 0.1) is 11.3 Å². The third kappa shape index (κ3) is 1.39. The van der Waals surface area contributed by atoms with Crippen LogP contribution in [0.25, 0.3) is 6.08 Å². The molecule has 0 bridgehead atoms. The average molecular weight is 235 g/mol. The lowest BCUT2D eigenvalue weighted by molar-refractivity contribution is -0.132. The van der Waals surface area contributed by atoms with Crippen molar-refractivity contribution in [2.45, 2.75) is 19.8 Å². The highest BCUT2D eigenvalue weighted by molar-refractivity contribution is 5.97. The fourth-order valence-corrected chi connectivity index (χ4v) is 2.24. The molecular formula is C12H13NO4. The van der Waals surface area contributed by atoms with Crippen LogP contribution in [0.5, 0.6) is 5.75 Å². The molecule has 0 radical (unpaired) electrons. The van der Waals surface area contributed by atoms with Gasteiger partial charge in [0.1, 0.15) is 5.75 Å². The zero-order valence-corrected chi connectivity index (χ0v) is 9.81. The molecule has 0 spiro atoms. The van der Waals surface area contributed by atoms with Crippen molar-refractivity contribution in [3.63, 3.8) is 0 Å². The molecule has 1 unspecified atom stereocenters. The number of pyridine rings is 1. The van der Waals surface area contributed by atoms with Gasteiger partial charge in [-0.3, -0.25) is 4.79 Å². The normalized spacial score (nSPS) is 17.8. The van der Waals surface area contributed by atoms with E-state index >= 15 is 0 Å². The van der Waals surface area contributed by atoms with Gasteiger partial charge in [-0.05, 0) is 13.0 Å². The Morgan fingerprint density at radius 3 is 2.59 bits per heavy atom. The lowest BCUT2D eigenvalue weighted by atomic mass is 9.97. The molecule has 0 aliphatic heterocycles. The SMILES string of the molecule is Cc1c(O)c2c(n(C)c1=O)C=C(C(=O)O)C2C. The predicted molar refractivity (Wildman–Crippen MR) is 62.1 cm³/mol. The summed E-state index contributed by atoms with van der Waals surface area (Å²) in [4.78, 5) is 22.8. The minimum Gasteiger partial charge on any atom is -0.507 e. The Morgan fingerprint density at radius 2 is 2.06 bits per heavy atom. The quantitative estimate of drug-likeness (QED) is 0.760. The van der Waals surface area contributed by atoms with Crippen molar-refractivity contribution in [1.29, 1.82) is 0 Å². The summed E-state index contributed by atoms with van der Waals surface area (Å²) in [7, 11) is 1.57. The number of rotatable bonds is 1. The van der Waals surface area contributed by atoms with E-state index in [2.05, 4.69) is 0 Å². The summed E-state index contributed by atoms with van der Waals surface area (Å²) in [6, 6.07) is 0. The molecule has 0 aromatic carbocycles. The maximum atomic E-state index is 11.8. The van der Waals surface area contributed by atoms with E-state index in [4.69, 9.17) is 5.11 Å². The Hall–Kier alpha value is -2.04. The van der Waals surface area contributed by atoms with Crippen LogP contribution in [-0.4, -0.2) is 20.7 Å². The number of hydrogen-bond acceptors (Lipinski definition) is 3. The van der Waals surface area contributed by atoms with Gasteiger partial charge in [0, 0.05) is 24.1 Å². The van der Waals surface area contributed by atoms with E-state index in [0.717, 1.165) is 0 Å². The van der Waals surface area contributed by atoms with Crippen LogP contribution in [0, 0.1) is 6.92 Å². The number of carboxylic acids is 1. The molecule has 90 valence electrons. The number of aromatic nitrogens is 1. The molecule has 0 saturated heterocycles. The molecule has 0 fully saturated rings. The number of fused-ring (bicyclic) bond motifs is 1. The fourth-order valence-electron chi connectivity index (χ4n) is 2.24. The van der Waals surface area contributed by atoms with Crippen molar-refractivity contribution in [2.24, 2.45) is 7.05 Å². The first-order valence-corrected chi connectivity index (χ1v) is 5.23. The molecule has 1 aliphatic rings. The number of aromatic hydroxyl groups is 1. The van der Waals surface area contributed by atoms with Gasteiger partial charge in [0.2, 0.25) is 0 Å². The van der Waals surface area contributed by atoms with E-state index in [1.54, 1.807) is 14.0 Å². The fraction of sp³-hybridized carbons (Fsp3) is 0.333. The predicted octanol–water partition coefficient (Wildman–Crippen LogP) is 0.984. The lowest BCUT2D eigenvalue weighted by Gasteiger charge is -2.14. The molecule has 1 heterocycles. The average Bonchev–Trinajstić information content (AvgIpc) is 2.62. The van der Waals surface area contributed by atoms with E-state index in [1.807, 2.05) is 0 Å². The smallest absolute Gasteiger partial charge is 0.332 e. The van der Waals surface area contributed by atoms with Gasteiger partial charge < -0.3 is 14.8 Å². The van der Waals surface area contributed by atoms with Crippen molar-refractivity contribution in [3.8, 4) is 5.75 Å². The molecule has 2 rings (SSSR count). The first-order chi connectivity index (χ1) is 7.86. The van der Waals surface area contributed by atoms with E-state index in [9.17, 15) is 14.7 Å². The van der Waals surface area contributed by atoms with Gasteiger partial charge in [-0.25, -0.2) is 4.79 Å². The monoisotopic (exact) mass is 235 g/mol. The second kappa shape index (κ2) is 3.48. The molecule has 5 nitrogen and oxygen atoms in total. The molecular weight excluding hydrogens is 222 g/mol. The topological polar surface area (TPSA) is 79.5 Å². The summed E-state index contributed by atoms with van der Waals surface area (Å²) < 4.78 is 1.37. The van der Waals surface area contributed by atoms with E-state index < -0.39 is 11.9 Å². The number of carboxylic acid groups (broad SMARTS) is 1. The van der Waals surface area contributed by atoms with Crippen LogP contribution in [-0.2, 0) is 11.8 Å². The Labute approximate surface area is 97.6 Å². The Kier molecular flexibility index (Phi) is 2.34. The second-order valence-electron chi connectivity index (χ2n) is 4.26. The van der Waals surface area contributed by atoms with Crippen LogP contribution in [0.3, 0.4) is 0 Å². The Morgan fingerprint density at radius 1 is 1.47 bits per heavy atom. The van der Waals surface area contributed by atoms with Gasteiger partial charge in [-0.15, -0.1) is 0 Å². The first kappa shape index (κ1) is 11.4. The highest BCUT2D eigenvalue weighted by Crippen LogP contribution is 2.41. The number of carbonyl (C=O) groups is 1. The van der Waals surface area contributed by atoms with Crippen LogP contribution in [0.4, 0.5) is 0 Å². The standard InChI is InChI=1S/C12H13NO4/c1-5-7(12(16)17)4-8-9(5)10(14)6(2)11(15)13(8)3/h4-5,14H,1-3H3,(H,16,17). The third-order valence-electron chi connectivity index (χ3n) is 3.31. The van der Waals surface area contributed by atoms with Crippen LogP contribution in [0.2, 0.25) is 0 Å². The molecule has 1 atom stereocenters. The molecule has 5 heteroatoms. The number of aliphatic carboxylic acids is 1. The van der Waals surface area contributed by atoms with E-state index in [1.165, 1.54) is 17.6 Å². The zero-order chi connectivity index (χ0) is 12.9. The number of hydrogen-bond donors (Lipinski definition) is 2. The summed E-state index contributed by atoms with van der Waals surface area (Å²) in [5, 5.41) is 19.0. The van der Waals surface area contributed by atoms with Crippen molar-refractivity contribution in [1.82, 2.24) is 4.57 Å². The summed E-state index contributed by atoms with van der Waals surface area (Å²) in [6.45, 7) is 3.23. The van der Waals surface area contributed by atoms with Crippen molar-refractivity contribution < 1.29 is 15.0 Å². The Balaban J connectivity index is 2.81. The Bertz CT molecular complexity index is 610. The van der Waals surface area contributed by atoms with Crippen LogP contribution in [0.15, 0.2) is 10.4 Å². The lowest BCUT2D eigenvalue weighted by Crippen LogP contribution is -2.22. The minimum absolute atomic E-state index is 0.0944. The molecule has 1 aliphatic carbocycles. The van der Waals surface area contributed by atoms with Crippen molar-refractivity contribution >= 4 is 12.0 Å². The van der Waals surface area contributed by atoms with Crippen LogP contribution in [0.1, 0.15) is 29.7 Å². The maximum absolute atomic E-state index is 11.8.